The highest BCUT2D eigenvalue weighted by Gasteiger charge is 2.10. The molecule has 2 aromatic rings. The summed E-state index contributed by atoms with van der Waals surface area (Å²) in [4.78, 5) is 6.84. The van der Waals surface area contributed by atoms with Crippen molar-refractivity contribution in [2.24, 2.45) is 4.99 Å². The SMILES string of the molecule is Br/C(C=Nc1ccc(N2CCOCC2)cc1)=C\c1ccccc1. The molecule has 0 saturated carbocycles. The summed E-state index contributed by atoms with van der Waals surface area (Å²) >= 11 is 3.54. The van der Waals surface area contributed by atoms with Gasteiger partial charge in [-0.25, -0.2) is 0 Å². The van der Waals surface area contributed by atoms with E-state index in [1.807, 2.05) is 42.6 Å². The zero-order valence-electron chi connectivity index (χ0n) is 12.9. The maximum Gasteiger partial charge on any atom is 0.0642 e. The second-order valence-corrected chi connectivity index (χ2v) is 6.23. The molecule has 0 amide bonds. The standard InChI is InChI=1S/C19H19BrN2O/c20-17(14-16-4-2-1-3-5-16)15-21-18-6-8-19(9-7-18)22-10-12-23-13-11-22/h1-9,14-15H,10-13H2/b17-14-,21-15?. The average Bonchev–Trinajstić information content (AvgIpc) is 2.62. The molecule has 1 aliphatic rings. The van der Waals surface area contributed by atoms with Crippen LogP contribution in [0.25, 0.3) is 6.08 Å². The number of nitrogens with zero attached hydrogens (tertiary/aromatic N) is 2. The molecule has 1 saturated heterocycles. The Morgan fingerprint density at radius 2 is 1.70 bits per heavy atom. The van der Waals surface area contributed by atoms with Crippen LogP contribution in [0.15, 0.2) is 64.1 Å². The molecular weight excluding hydrogens is 352 g/mol. The first kappa shape index (κ1) is 16.0. The summed E-state index contributed by atoms with van der Waals surface area (Å²) in [6.07, 6.45) is 3.88. The van der Waals surface area contributed by atoms with Crippen LogP contribution in [0.5, 0.6) is 0 Å². The van der Waals surface area contributed by atoms with Gasteiger partial charge in [0.25, 0.3) is 0 Å². The van der Waals surface area contributed by atoms with Gasteiger partial charge in [-0.3, -0.25) is 4.99 Å². The van der Waals surface area contributed by atoms with E-state index in [-0.39, 0.29) is 0 Å². The van der Waals surface area contributed by atoms with Crippen molar-refractivity contribution in [2.75, 3.05) is 31.2 Å². The number of aliphatic imine (C=N–C) groups is 1. The third kappa shape index (κ3) is 4.78. The van der Waals surface area contributed by atoms with E-state index in [1.165, 1.54) is 5.69 Å². The van der Waals surface area contributed by atoms with E-state index in [2.05, 4.69) is 50.1 Å². The monoisotopic (exact) mass is 370 g/mol. The molecule has 0 bridgehead atoms. The van der Waals surface area contributed by atoms with Crippen LogP contribution in [0.2, 0.25) is 0 Å². The third-order valence-electron chi connectivity index (χ3n) is 3.67. The second kappa shape index (κ2) is 8.09. The van der Waals surface area contributed by atoms with E-state index in [0.29, 0.717) is 0 Å². The Balaban J connectivity index is 1.64. The van der Waals surface area contributed by atoms with Crippen LogP contribution in [-0.2, 0) is 4.74 Å². The van der Waals surface area contributed by atoms with Crippen molar-refractivity contribution in [3.63, 3.8) is 0 Å². The van der Waals surface area contributed by atoms with Crippen LogP contribution in [-0.4, -0.2) is 32.5 Å². The molecule has 0 aromatic heterocycles. The smallest absolute Gasteiger partial charge is 0.0642 e. The fraction of sp³-hybridized carbons (Fsp3) is 0.211. The van der Waals surface area contributed by atoms with Gasteiger partial charge < -0.3 is 9.64 Å². The van der Waals surface area contributed by atoms with Crippen molar-refractivity contribution in [3.05, 3.63) is 64.6 Å². The van der Waals surface area contributed by atoms with Gasteiger partial charge in [0.1, 0.15) is 0 Å². The molecule has 0 radical (unpaired) electrons. The Morgan fingerprint density at radius 3 is 2.39 bits per heavy atom. The lowest BCUT2D eigenvalue weighted by Crippen LogP contribution is -2.36. The van der Waals surface area contributed by atoms with Gasteiger partial charge in [0.15, 0.2) is 0 Å². The van der Waals surface area contributed by atoms with E-state index in [0.717, 1.165) is 42.0 Å². The predicted octanol–water partition coefficient (Wildman–Crippen LogP) is 4.66. The molecule has 2 aromatic carbocycles. The molecule has 1 fully saturated rings. The summed E-state index contributed by atoms with van der Waals surface area (Å²) in [7, 11) is 0. The molecule has 3 rings (SSSR count). The number of ether oxygens (including phenoxy) is 1. The summed E-state index contributed by atoms with van der Waals surface area (Å²) < 4.78 is 6.33. The minimum absolute atomic E-state index is 0.803. The van der Waals surface area contributed by atoms with Crippen molar-refractivity contribution in [2.45, 2.75) is 0 Å². The number of benzene rings is 2. The number of anilines is 1. The van der Waals surface area contributed by atoms with Gasteiger partial charge in [0.05, 0.1) is 18.9 Å². The summed E-state index contributed by atoms with van der Waals surface area (Å²) in [5.41, 5.74) is 3.32. The highest BCUT2D eigenvalue weighted by molar-refractivity contribution is 9.12. The Labute approximate surface area is 145 Å². The molecule has 0 atom stereocenters. The van der Waals surface area contributed by atoms with Crippen molar-refractivity contribution in [3.8, 4) is 0 Å². The number of rotatable bonds is 4. The maximum atomic E-state index is 5.38. The lowest BCUT2D eigenvalue weighted by atomic mass is 10.2. The lowest BCUT2D eigenvalue weighted by Gasteiger charge is -2.28. The molecule has 0 aliphatic carbocycles. The van der Waals surface area contributed by atoms with Crippen LogP contribution < -0.4 is 4.90 Å². The Morgan fingerprint density at radius 1 is 1.00 bits per heavy atom. The maximum absolute atomic E-state index is 5.38. The van der Waals surface area contributed by atoms with Crippen LogP contribution in [0.1, 0.15) is 5.56 Å². The zero-order valence-corrected chi connectivity index (χ0v) is 14.4. The average molecular weight is 371 g/mol. The van der Waals surface area contributed by atoms with Gasteiger partial charge in [0, 0.05) is 29.5 Å². The molecule has 1 aliphatic heterocycles. The molecule has 0 unspecified atom stereocenters. The predicted molar refractivity (Wildman–Crippen MR) is 101 cm³/mol. The first-order valence-electron chi connectivity index (χ1n) is 7.70. The fourth-order valence-corrected chi connectivity index (χ4v) is 2.82. The normalized spacial score (nSPS) is 16.0. The third-order valence-corrected chi connectivity index (χ3v) is 4.10. The highest BCUT2D eigenvalue weighted by Crippen LogP contribution is 2.21. The Kier molecular flexibility index (Phi) is 5.61. The lowest BCUT2D eigenvalue weighted by molar-refractivity contribution is 0.122. The summed E-state index contributed by atoms with van der Waals surface area (Å²) in [5, 5.41) is 0. The van der Waals surface area contributed by atoms with Gasteiger partial charge in [-0.2, -0.15) is 0 Å². The molecule has 0 spiro atoms. The quantitative estimate of drug-likeness (QED) is 0.731. The molecule has 23 heavy (non-hydrogen) atoms. The van der Waals surface area contributed by atoms with Crippen LogP contribution in [0, 0.1) is 0 Å². The minimum Gasteiger partial charge on any atom is -0.378 e. The van der Waals surface area contributed by atoms with Crippen molar-refractivity contribution in [1.29, 1.82) is 0 Å². The summed E-state index contributed by atoms with van der Waals surface area (Å²) in [6.45, 7) is 3.51. The van der Waals surface area contributed by atoms with Crippen LogP contribution >= 0.6 is 15.9 Å². The van der Waals surface area contributed by atoms with E-state index in [4.69, 9.17) is 4.74 Å². The topological polar surface area (TPSA) is 24.8 Å². The Bertz CT molecular complexity index is 674. The molecule has 0 N–H and O–H groups in total. The molecule has 1 heterocycles. The van der Waals surface area contributed by atoms with Gasteiger partial charge >= 0.3 is 0 Å². The second-order valence-electron chi connectivity index (χ2n) is 5.31. The molecular formula is C19H19BrN2O. The first-order valence-corrected chi connectivity index (χ1v) is 8.50. The molecule has 3 nitrogen and oxygen atoms in total. The van der Waals surface area contributed by atoms with Crippen LogP contribution in [0.4, 0.5) is 11.4 Å². The molecule has 118 valence electrons. The van der Waals surface area contributed by atoms with E-state index < -0.39 is 0 Å². The number of morpholine rings is 1. The van der Waals surface area contributed by atoms with Crippen molar-refractivity contribution >= 4 is 39.6 Å². The van der Waals surface area contributed by atoms with Gasteiger partial charge in [-0.15, -0.1) is 0 Å². The Hall–Kier alpha value is -1.91. The number of hydrogen-bond donors (Lipinski definition) is 0. The van der Waals surface area contributed by atoms with E-state index >= 15 is 0 Å². The van der Waals surface area contributed by atoms with E-state index in [9.17, 15) is 0 Å². The first-order chi connectivity index (χ1) is 11.3. The fourth-order valence-electron chi connectivity index (χ4n) is 2.45. The zero-order chi connectivity index (χ0) is 15.9. The van der Waals surface area contributed by atoms with Gasteiger partial charge in [0.2, 0.25) is 0 Å². The summed E-state index contributed by atoms with van der Waals surface area (Å²) in [6, 6.07) is 18.5. The summed E-state index contributed by atoms with van der Waals surface area (Å²) in [5.74, 6) is 0. The largest absolute Gasteiger partial charge is 0.378 e. The van der Waals surface area contributed by atoms with Crippen molar-refractivity contribution in [1.82, 2.24) is 0 Å². The van der Waals surface area contributed by atoms with Crippen molar-refractivity contribution < 1.29 is 4.74 Å². The van der Waals surface area contributed by atoms with Gasteiger partial charge in [-0.1, -0.05) is 30.3 Å². The molecule has 4 heteroatoms. The van der Waals surface area contributed by atoms with E-state index in [1.54, 1.807) is 0 Å². The number of hydrogen-bond acceptors (Lipinski definition) is 3. The number of allylic oxidation sites excluding steroid dienone is 1. The minimum atomic E-state index is 0.803. The van der Waals surface area contributed by atoms with Crippen LogP contribution in [0.3, 0.4) is 0 Å². The highest BCUT2D eigenvalue weighted by atomic mass is 79.9. The van der Waals surface area contributed by atoms with Gasteiger partial charge in [-0.05, 0) is 51.8 Å². The number of halogens is 1.